The van der Waals surface area contributed by atoms with Crippen molar-refractivity contribution >= 4 is 17.2 Å². The number of benzene rings is 2. The van der Waals surface area contributed by atoms with Gasteiger partial charge >= 0.3 is 0 Å². The molecule has 30 heavy (non-hydrogen) atoms. The Morgan fingerprint density at radius 2 is 1.90 bits per heavy atom. The molecule has 4 rings (SSSR count). The summed E-state index contributed by atoms with van der Waals surface area (Å²) in [6.45, 7) is 2.42. The summed E-state index contributed by atoms with van der Waals surface area (Å²) >= 11 is 1.48. The number of phenols is 1. The number of hydrogen-bond donors (Lipinski definition) is 1. The summed E-state index contributed by atoms with van der Waals surface area (Å²) < 4.78 is 1.82. The fourth-order valence-corrected chi connectivity index (χ4v) is 3.79. The molecule has 0 aliphatic rings. The van der Waals surface area contributed by atoms with E-state index in [9.17, 15) is 9.90 Å². The van der Waals surface area contributed by atoms with Crippen LogP contribution >= 0.6 is 11.3 Å². The van der Waals surface area contributed by atoms with Gasteiger partial charge in [0.05, 0.1) is 12.2 Å². The van der Waals surface area contributed by atoms with Crippen molar-refractivity contribution in [3.05, 3.63) is 70.9 Å². The molecule has 0 fully saturated rings. The van der Waals surface area contributed by atoms with Crippen molar-refractivity contribution in [2.24, 2.45) is 0 Å². The third-order valence-corrected chi connectivity index (χ3v) is 5.47. The zero-order valence-electron chi connectivity index (χ0n) is 16.9. The van der Waals surface area contributed by atoms with Crippen LogP contribution in [0.15, 0.2) is 53.9 Å². The highest BCUT2D eigenvalue weighted by Crippen LogP contribution is 2.28. The number of nitrogens with zero attached hydrogens (tertiary/aromatic N) is 5. The summed E-state index contributed by atoms with van der Waals surface area (Å²) in [6, 6.07) is 14.5. The topological polar surface area (TPSA) is 84.1 Å². The maximum atomic E-state index is 12.2. The lowest BCUT2D eigenvalue weighted by molar-refractivity contribution is 0.0827. The van der Waals surface area contributed by atoms with Gasteiger partial charge in [0.25, 0.3) is 5.91 Å². The summed E-state index contributed by atoms with van der Waals surface area (Å²) in [5, 5.41) is 16.8. The van der Waals surface area contributed by atoms with Crippen molar-refractivity contribution in [1.29, 1.82) is 0 Å². The maximum absolute atomic E-state index is 12.2. The van der Waals surface area contributed by atoms with E-state index in [-0.39, 0.29) is 11.7 Å². The Hall–Kier alpha value is -3.52. The molecular weight excluding hydrogens is 398 g/mol. The van der Waals surface area contributed by atoms with Crippen molar-refractivity contribution in [2.45, 2.75) is 13.5 Å². The highest BCUT2D eigenvalue weighted by Gasteiger charge is 2.14. The molecule has 2 aromatic heterocycles. The summed E-state index contributed by atoms with van der Waals surface area (Å²) in [6.07, 6.45) is 0. The van der Waals surface area contributed by atoms with Crippen molar-refractivity contribution in [1.82, 2.24) is 24.6 Å². The molecule has 0 radical (unpaired) electrons. The van der Waals surface area contributed by atoms with Crippen molar-refractivity contribution in [2.75, 3.05) is 14.1 Å². The summed E-state index contributed by atoms with van der Waals surface area (Å²) in [4.78, 5) is 23.0. The van der Waals surface area contributed by atoms with E-state index in [4.69, 9.17) is 0 Å². The van der Waals surface area contributed by atoms with E-state index in [1.807, 2.05) is 53.4 Å². The van der Waals surface area contributed by atoms with Crippen LogP contribution in [0.4, 0.5) is 0 Å². The number of carbonyl (C=O) groups is 1. The Labute approximate surface area is 178 Å². The Morgan fingerprint density at radius 1 is 1.13 bits per heavy atom. The molecule has 0 unspecified atom stereocenters. The molecule has 8 heteroatoms. The average Bonchev–Trinajstić information content (AvgIpc) is 3.35. The number of aromatic hydroxyl groups is 1. The zero-order chi connectivity index (χ0) is 21.3. The molecule has 0 aliphatic heterocycles. The van der Waals surface area contributed by atoms with E-state index in [0.29, 0.717) is 17.9 Å². The highest BCUT2D eigenvalue weighted by molar-refractivity contribution is 7.13. The minimum atomic E-state index is -0.0302. The van der Waals surface area contributed by atoms with Crippen LogP contribution in [0.1, 0.15) is 21.7 Å². The molecule has 0 saturated heterocycles. The van der Waals surface area contributed by atoms with Gasteiger partial charge in [-0.1, -0.05) is 12.1 Å². The first kappa shape index (κ1) is 19.8. The number of phenolic OH excluding ortho intramolecular Hbond substituents is 1. The first-order chi connectivity index (χ1) is 14.4. The number of thiazole rings is 1. The Balaban J connectivity index is 1.57. The van der Waals surface area contributed by atoms with Gasteiger partial charge in [-0.2, -0.15) is 0 Å². The van der Waals surface area contributed by atoms with Crippen LogP contribution in [-0.2, 0) is 6.54 Å². The first-order valence-electron chi connectivity index (χ1n) is 9.38. The average molecular weight is 420 g/mol. The van der Waals surface area contributed by atoms with Gasteiger partial charge in [-0.15, -0.1) is 16.4 Å². The molecule has 0 spiro atoms. The number of carbonyl (C=O) groups excluding carboxylic acids is 1. The van der Waals surface area contributed by atoms with Crippen molar-refractivity contribution < 1.29 is 9.90 Å². The molecule has 0 atom stereocenters. The molecule has 1 N–H and O–H groups in total. The molecule has 4 aromatic rings. The van der Waals surface area contributed by atoms with Crippen LogP contribution in [0.3, 0.4) is 0 Å². The number of hydrogen-bond acceptors (Lipinski definition) is 6. The van der Waals surface area contributed by atoms with Crippen LogP contribution < -0.4 is 0 Å². The summed E-state index contributed by atoms with van der Waals surface area (Å²) in [5.41, 5.74) is 3.37. The van der Waals surface area contributed by atoms with Gasteiger partial charge in [-0.3, -0.25) is 4.79 Å². The van der Waals surface area contributed by atoms with Gasteiger partial charge in [0.15, 0.2) is 5.01 Å². The van der Waals surface area contributed by atoms with E-state index in [2.05, 4.69) is 15.1 Å². The van der Waals surface area contributed by atoms with Gasteiger partial charge in [0.2, 0.25) is 5.82 Å². The third-order valence-electron chi connectivity index (χ3n) is 4.63. The molecule has 7 nitrogen and oxygen atoms in total. The van der Waals surface area contributed by atoms with E-state index in [1.54, 1.807) is 31.1 Å². The third kappa shape index (κ3) is 4.08. The van der Waals surface area contributed by atoms with Crippen molar-refractivity contribution in [3.63, 3.8) is 0 Å². The van der Waals surface area contributed by atoms with E-state index < -0.39 is 0 Å². The molecule has 0 saturated carbocycles. The molecule has 1 amide bonds. The second kappa shape index (κ2) is 8.08. The Morgan fingerprint density at radius 3 is 2.63 bits per heavy atom. The predicted octanol–water partition coefficient (Wildman–Crippen LogP) is 3.83. The number of amides is 1. The van der Waals surface area contributed by atoms with Crippen LogP contribution in [0.2, 0.25) is 0 Å². The number of aryl methyl sites for hydroxylation is 1. The lowest BCUT2D eigenvalue weighted by Crippen LogP contribution is -2.21. The largest absolute Gasteiger partial charge is 0.508 e. The highest BCUT2D eigenvalue weighted by atomic mass is 32.1. The Kier molecular flexibility index (Phi) is 5.33. The van der Waals surface area contributed by atoms with Gasteiger partial charge < -0.3 is 10.0 Å². The van der Waals surface area contributed by atoms with Crippen LogP contribution in [0.25, 0.3) is 22.1 Å². The fraction of sp³-hybridized carbons (Fsp3) is 0.182. The predicted molar refractivity (Wildman–Crippen MR) is 117 cm³/mol. The number of rotatable bonds is 5. The molecule has 0 bridgehead atoms. The van der Waals surface area contributed by atoms with E-state index >= 15 is 0 Å². The van der Waals surface area contributed by atoms with E-state index in [1.165, 1.54) is 11.3 Å². The monoisotopic (exact) mass is 419 g/mol. The van der Waals surface area contributed by atoms with Gasteiger partial charge in [0.1, 0.15) is 11.6 Å². The summed E-state index contributed by atoms with van der Waals surface area (Å²) in [7, 11) is 3.48. The second-order valence-corrected chi connectivity index (χ2v) is 7.98. The quantitative estimate of drug-likeness (QED) is 0.531. The zero-order valence-corrected chi connectivity index (χ0v) is 17.7. The molecule has 2 aromatic carbocycles. The number of aromatic nitrogens is 4. The van der Waals surface area contributed by atoms with Crippen LogP contribution in [0.5, 0.6) is 5.75 Å². The lowest BCUT2D eigenvalue weighted by Gasteiger charge is -2.11. The van der Waals surface area contributed by atoms with Crippen molar-refractivity contribution in [3.8, 4) is 27.8 Å². The van der Waals surface area contributed by atoms with Gasteiger partial charge in [0, 0.05) is 30.6 Å². The molecule has 0 aliphatic carbocycles. The van der Waals surface area contributed by atoms with Gasteiger partial charge in [-0.25, -0.2) is 14.6 Å². The maximum Gasteiger partial charge on any atom is 0.253 e. The lowest BCUT2D eigenvalue weighted by atomic mass is 10.1. The van der Waals surface area contributed by atoms with E-state index in [0.717, 1.165) is 27.7 Å². The standard InChI is InChI=1S/C22H21N5O2S/c1-14-23-20(21-24-19(13-30-21)16-7-9-18(28)10-8-16)25-27(14)12-15-5-4-6-17(11-15)22(29)26(2)3/h4-11,13,28H,12H2,1-3H3. The normalized spacial score (nSPS) is 10.9. The second-order valence-electron chi connectivity index (χ2n) is 7.13. The fourth-order valence-electron chi connectivity index (χ4n) is 3.04. The van der Waals surface area contributed by atoms with Crippen LogP contribution in [0, 0.1) is 6.92 Å². The molecule has 152 valence electrons. The molecule has 2 heterocycles. The smallest absolute Gasteiger partial charge is 0.253 e. The first-order valence-corrected chi connectivity index (χ1v) is 10.3. The summed E-state index contributed by atoms with van der Waals surface area (Å²) in [5.74, 6) is 1.54. The minimum absolute atomic E-state index is 0.0302. The SMILES string of the molecule is Cc1nc(-c2nc(-c3ccc(O)cc3)cs2)nn1Cc1cccc(C(=O)N(C)C)c1. The van der Waals surface area contributed by atoms with Crippen LogP contribution in [-0.4, -0.2) is 49.8 Å². The Bertz CT molecular complexity index is 1190. The molecular formula is C22H21N5O2S. The minimum Gasteiger partial charge on any atom is -0.508 e. The van der Waals surface area contributed by atoms with Gasteiger partial charge in [-0.05, 0) is 48.9 Å².